The first-order chi connectivity index (χ1) is 11.7. The second-order valence-corrected chi connectivity index (χ2v) is 5.79. The van der Waals surface area contributed by atoms with Gasteiger partial charge in [0.1, 0.15) is 6.54 Å². The summed E-state index contributed by atoms with van der Waals surface area (Å²) < 4.78 is 5.26. The lowest BCUT2D eigenvalue weighted by atomic mass is 10.2. The SMILES string of the molecule is CCCCCNC(=NCc1nc(-c2cccc(Cl)c2)no1)NCC. The molecule has 0 aliphatic rings. The summed E-state index contributed by atoms with van der Waals surface area (Å²) in [5.74, 6) is 1.75. The normalized spacial score (nSPS) is 11.5. The van der Waals surface area contributed by atoms with Crippen molar-refractivity contribution in [2.24, 2.45) is 4.99 Å². The molecule has 7 heteroatoms. The van der Waals surface area contributed by atoms with Crippen molar-refractivity contribution in [2.75, 3.05) is 13.1 Å². The minimum Gasteiger partial charge on any atom is -0.357 e. The molecule has 1 aromatic carbocycles. The monoisotopic (exact) mass is 349 g/mol. The Morgan fingerprint density at radius 2 is 2.12 bits per heavy atom. The van der Waals surface area contributed by atoms with E-state index >= 15 is 0 Å². The van der Waals surface area contributed by atoms with Crippen LogP contribution in [0, 0.1) is 0 Å². The number of aromatic nitrogens is 2. The molecule has 24 heavy (non-hydrogen) atoms. The van der Waals surface area contributed by atoms with Gasteiger partial charge in [0.05, 0.1) is 0 Å². The van der Waals surface area contributed by atoms with Gasteiger partial charge in [-0.1, -0.05) is 48.7 Å². The zero-order chi connectivity index (χ0) is 17.2. The molecule has 0 saturated heterocycles. The molecule has 0 radical (unpaired) electrons. The van der Waals surface area contributed by atoms with E-state index in [1.807, 2.05) is 25.1 Å². The molecule has 0 saturated carbocycles. The molecule has 1 heterocycles. The minimum atomic E-state index is 0.330. The van der Waals surface area contributed by atoms with Gasteiger partial charge in [0.2, 0.25) is 11.7 Å². The van der Waals surface area contributed by atoms with E-state index in [4.69, 9.17) is 16.1 Å². The fourth-order valence-electron chi connectivity index (χ4n) is 2.13. The van der Waals surface area contributed by atoms with E-state index < -0.39 is 0 Å². The lowest BCUT2D eigenvalue weighted by molar-refractivity contribution is 0.380. The van der Waals surface area contributed by atoms with Crippen molar-refractivity contribution in [3.05, 3.63) is 35.2 Å². The lowest BCUT2D eigenvalue weighted by Gasteiger charge is -2.10. The predicted molar refractivity (Wildman–Crippen MR) is 97.1 cm³/mol. The van der Waals surface area contributed by atoms with E-state index in [0.717, 1.165) is 31.0 Å². The number of unbranched alkanes of at least 4 members (excludes halogenated alkanes) is 2. The van der Waals surface area contributed by atoms with Crippen LogP contribution in [0.3, 0.4) is 0 Å². The van der Waals surface area contributed by atoms with Crippen molar-refractivity contribution in [1.29, 1.82) is 0 Å². The molecule has 0 aliphatic heterocycles. The highest BCUT2D eigenvalue weighted by Crippen LogP contribution is 2.19. The zero-order valence-electron chi connectivity index (χ0n) is 14.2. The summed E-state index contributed by atoms with van der Waals surface area (Å²) in [7, 11) is 0. The Bertz CT molecular complexity index is 656. The van der Waals surface area contributed by atoms with Crippen LogP contribution in [0.5, 0.6) is 0 Å². The van der Waals surface area contributed by atoms with Gasteiger partial charge in [-0.05, 0) is 25.5 Å². The molecule has 0 amide bonds. The quantitative estimate of drug-likeness (QED) is 0.432. The van der Waals surface area contributed by atoms with Crippen molar-refractivity contribution < 1.29 is 4.52 Å². The molecule has 2 aromatic rings. The summed E-state index contributed by atoms with van der Waals surface area (Å²) in [6.07, 6.45) is 3.53. The highest BCUT2D eigenvalue weighted by molar-refractivity contribution is 6.30. The highest BCUT2D eigenvalue weighted by atomic mass is 35.5. The molecule has 1 aromatic heterocycles. The number of rotatable bonds is 8. The summed E-state index contributed by atoms with van der Waals surface area (Å²) >= 11 is 5.99. The Morgan fingerprint density at radius 3 is 2.88 bits per heavy atom. The number of hydrogen-bond donors (Lipinski definition) is 2. The maximum atomic E-state index is 5.99. The van der Waals surface area contributed by atoms with E-state index in [-0.39, 0.29) is 0 Å². The van der Waals surface area contributed by atoms with Crippen molar-refractivity contribution in [1.82, 2.24) is 20.8 Å². The fraction of sp³-hybridized carbons (Fsp3) is 0.471. The van der Waals surface area contributed by atoms with E-state index in [1.165, 1.54) is 12.8 Å². The number of nitrogens with zero attached hydrogens (tertiary/aromatic N) is 3. The van der Waals surface area contributed by atoms with Crippen LogP contribution in [-0.4, -0.2) is 29.2 Å². The lowest BCUT2D eigenvalue weighted by Crippen LogP contribution is -2.37. The fourth-order valence-corrected chi connectivity index (χ4v) is 2.32. The Morgan fingerprint density at radius 1 is 1.25 bits per heavy atom. The third-order valence-corrected chi connectivity index (χ3v) is 3.58. The average molecular weight is 350 g/mol. The Balaban J connectivity index is 1.96. The molecular formula is C17H24ClN5O. The van der Waals surface area contributed by atoms with Crippen LogP contribution in [0.15, 0.2) is 33.8 Å². The average Bonchev–Trinajstić information content (AvgIpc) is 3.05. The van der Waals surface area contributed by atoms with Gasteiger partial charge >= 0.3 is 0 Å². The van der Waals surface area contributed by atoms with Crippen molar-refractivity contribution in [3.63, 3.8) is 0 Å². The van der Waals surface area contributed by atoms with E-state index in [2.05, 4.69) is 32.7 Å². The van der Waals surface area contributed by atoms with Gasteiger partial charge in [0.15, 0.2) is 5.96 Å². The highest BCUT2D eigenvalue weighted by Gasteiger charge is 2.09. The van der Waals surface area contributed by atoms with Gasteiger partial charge in [-0.3, -0.25) is 0 Å². The summed E-state index contributed by atoms with van der Waals surface area (Å²) in [5, 5.41) is 11.1. The molecule has 6 nitrogen and oxygen atoms in total. The maximum absolute atomic E-state index is 5.99. The minimum absolute atomic E-state index is 0.330. The van der Waals surface area contributed by atoms with Crippen LogP contribution in [-0.2, 0) is 6.54 Å². The second-order valence-electron chi connectivity index (χ2n) is 5.35. The Labute approximate surface area is 147 Å². The third kappa shape index (κ3) is 5.85. The summed E-state index contributed by atoms with van der Waals surface area (Å²) in [5.41, 5.74) is 0.825. The van der Waals surface area contributed by atoms with E-state index in [1.54, 1.807) is 6.07 Å². The molecule has 0 bridgehead atoms. The molecule has 0 unspecified atom stereocenters. The molecule has 2 N–H and O–H groups in total. The first-order valence-corrected chi connectivity index (χ1v) is 8.71. The van der Waals surface area contributed by atoms with Crippen molar-refractivity contribution >= 4 is 17.6 Å². The summed E-state index contributed by atoms with van der Waals surface area (Å²) in [6, 6.07) is 7.36. The van der Waals surface area contributed by atoms with E-state index in [0.29, 0.717) is 23.3 Å². The van der Waals surface area contributed by atoms with Crippen LogP contribution in [0.1, 0.15) is 39.0 Å². The summed E-state index contributed by atoms with van der Waals surface area (Å²) in [6.45, 7) is 6.25. The van der Waals surface area contributed by atoms with Gasteiger partial charge < -0.3 is 15.2 Å². The van der Waals surface area contributed by atoms with Crippen LogP contribution in [0.2, 0.25) is 5.02 Å². The number of aliphatic imine (C=N–C) groups is 1. The van der Waals surface area contributed by atoms with Crippen LogP contribution >= 0.6 is 11.6 Å². The number of hydrogen-bond acceptors (Lipinski definition) is 4. The van der Waals surface area contributed by atoms with Gasteiger partial charge in [-0.25, -0.2) is 4.99 Å². The molecule has 0 spiro atoms. The molecule has 2 rings (SSSR count). The van der Waals surface area contributed by atoms with Gasteiger partial charge in [-0.2, -0.15) is 4.98 Å². The molecule has 0 atom stereocenters. The van der Waals surface area contributed by atoms with Crippen LogP contribution < -0.4 is 10.6 Å². The maximum Gasteiger partial charge on any atom is 0.248 e. The second kappa shape index (κ2) is 9.93. The Kier molecular flexibility index (Phi) is 7.55. The molecular weight excluding hydrogens is 326 g/mol. The largest absolute Gasteiger partial charge is 0.357 e. The number of halogens is 1. The Hall–Kier alpha value is -2.08. The predicted octanol–water partition coefficient (Wildman–Crippen LogP) is 3.64. The van der Waals surface area contributed by atoms with Gasteiger partial charge in [-0.15, -0.1) is 0 Å². The summed E-state index contributed by atoms with van der Waals surface area (Å²) in [4.78, 5) is 8.84. The van der Waals surface area contributed by atoms with Crippen LogP contribution in [0.25, 0.3) is 11.4 Å². The third-order valence-electron chi connectivity index (χ3n) is 3.34. The van der Waals surface area contributed by atoms with Crippen LogP contribution in [0.4, 0.5) is 0 Å². The topological polar surface area (TPSA) is 75.3 Å². The van der Waals surface area contributed by atoms with Crippen molar-refractivity contribution in [3.8, 4) is 11.4 Å². The first-order valence-electron chi connectivity index (χ1n) is 8.33. The first kappa shape index (κ1) is 18.3. The zero-order valence-corrected chi connectivity index (χ0v) is 14.9. The molecule has 130 valence electrons. The smallest absolute Gasteiger partial charge is 0.248 e. The number of guanidine groups is 1. The standard InChI is InChI=1S/C17H24ClN5O/c1-3-5-6-10-20-17(19-4-2)21-12-15-22-16(23-24-15)13-8-7-9-14(18)11-13/h7-9,11H,3-6,10,12H2,1-2H3,(H2,19,20,21). The molecule has 0 aliphatic carbocycles. The van der Waals surface area contributed by atoms with Crippen molar-refractivity contribution in [2.45, 2.75) is 39.7 Å². The number of nitrogens with one attached hydrogen (secondary N) is 2. The van der Waals surface area contributed by atoms with Gasteiger partial charge in [0, 0.05) is 23.7 Å². The number of benzene rings is 1. The van der Waals surface area contributed by atoms with Gasteiger partial charge in [0.25, 0.3) is 0 Å². The molecule has 0 fully saturated rings. The van der Waals surface area contributed by atoms with E-state index in [9.17, 15) is 0 Å².